The van der Waals surface area contributed by atoms with Crippen molar-refractivity contribution in [3.05, 3.63) is 0 Å². The van der Waals surface area contributed by atoms with Gasteiger partial charge < -0.3 is 37.0 Å². The van der Waals surface area contributed by atoms with Crippen LogP contribution in [0.1, 0.15) is 27.2 Å². The SMILES string of the molecule is CSCCC(NC(=O)C(C)N)C(=O)NC(C(=O)NC(C(=O)O)C(C)O)C(C)O. The number of hydrogen-bond donors (Lipinski definition) is 7. The molecule has 0 aromatic carbocycles. The van der Waals surface area contributed by atoms with E-state index in [1.807, 2.05) is 6.26 Å². The van der Waals surface area contributed by atoms with Gasteiger partial charge in [-0.25, -0.2) is 4.79 Å². The third kappa shape index (κ3) is 8.87. The second-order valence-electron chi connectivity index (χ2n) is 6.42. The maximum Gasteiger partial charge on any atom is 0.328 e. The van der Waals surface area contributed by atoms with E-state index in [-0.39, 0.29) is 6.42 Å². The van der Waals surface area contributed by atoms with Crippen molar-refractivity contribution in [1.82, 2.24) is 16.0 Å². The number of rotatable bonds is 12. The molecule has 0 aliphatic carbocycles. The molecule has 8 N–H and O–H groups in total. The lowest BCUT2D eigenvalue weighted by molar-refractivity contribution is -0.146. The van der Waals surface area contributed by atoms with E-state index in [1.54, 1.807) is 0 Å². The Morgan fingerprint density at radius 3 is 1.79 bits per heavy atom. The predicted molar refractivity (Wildman–Crippen MR) is 103 cm³/mol. The largest absolute Gasteiger partial charge is 0.480 e. The highest BCUT2D eigenvalue weighted by atomic mass is 32.2. The van der Waals surface area contributed by atoms with E-state index in [4.69, 9.17) is 10.8 Å². The van der Waals surface area contributed by atoms with Crippen LogP contribution >= 0.6 is 11.8 Å². The van der Waals surface area contributed by atoms with E-state index in [2.05, 4.69) is 16.0 Å². The number of nitrogens with two attached hydrogens (primary N) is 1. The summed E-state index contributed by atoms with van der Waals surface area (Å²) in [4.78, 5) is 47.8. The first kappa shape index (κ1) is 26.1. The van der Waals surface area contributed by atoms with Gasteiger partial charge in [0.05, 0.1) is 18.2 Å². The number of nitrogens with one attached hydrogen (secondary N) is 3. The Morgan fingerprint density at radius 1 is 0.893 bits per heavy atom. The molecule has 0 aliphatic heterocycles. The number of amides is 3. The number of aliphatic carboxylic acids is 1. The van der Waals surface area contributed by atoms with Gasteiger partial charge >= 0.3 is 5.97 Å². The molecule has 162 valence electrons. The molecule has 6 atom stereocenters. The van der Waals surface area contributed by atoms with E-state index < -0.39 is 60.1 Å². The Bertz CT molecular complexity index is 557. The first-order valence-corrected chi connectivity index (χ1v) is 10.1. The highest BCUT2D eigenvalue weighted by Gasteiger charge is 2.33. The zero-order valence-electron chi connectivity index (χ0n) is 16.3. The summed E-state index contributed by atoms with van der Waals surface area (Å²) in [7, 11) is 0. The van der Waals surface area contributed by atoms with Crippen LogP contribution < -0.4 is 21.7 Å². The Kier molecular flexibility index (Phi) is 11.7. The number of carbonyl (C=O) groups excluding carboxylic acids is 3. The summed E-state index contributed by atoms with van der Waals surface area (Å²) >= 11 is 1.44. The first-order chi connectivity index (χ1) is 12.9. The number of thioether (sulfide) groups is 1. The lowest BCUT2D eigenvalue weighted by Gasteiger charge is -2.26. The van der Waals surface area contributed by atoms with Gasteiger partial charge in [0.15, 0.2) is 6.04 Å². The molecule has 0 spiro atoms. The van der Waals surface area contributed by atoms with Crippen LogP contribution in [0, 0.1) is 0 Å². The third-order valence-electron chi connectivity index (χ3n) is 3.77. The number of aliphatic hydroxyl groups is 2. The second-order valence-corrected chi connectivity index (χ2v) is 7.41. The molecule has 3 amide bonds. The molecule has 0 aromatic heterocycles. The number of carboxylic acids is 1. The smallest absolute Gasteiger partial charge is 0.328 e. The number of carboxylic acid groups (broad SMARTS) is 1. The molecule has 11 nitrogen and oxygen atoms in total. The molecule has 0 aliphatic rings. The van der Waals surface area contributed by atoms with Crippen molar-refractivity contribution < 1.29 is 34.5 Å². The van der Waals surface area contributed by atoms with Crippen LogP contribution in [0.2, 0.25) is 0 Å². The zero-order chi connectivity index (χ0) is 22.0. The Hall–Kier alpha value is -1.89. The summed E-state index contributed by atoms with van der Waals surface area (Å²) in [5.74, 6) is -3.21. The maximum absolute atomic E-state index is 12.5. The molecule has 6 unspecified atom stereocenters. The first-order valence-electron chi connectivity index (χ1n) is 8.66. The van der Waals surface area contributed by atoms with Crippen LogP contribution in [-0.2, 0) is 19.2 Å². The average Bonchev–Trinajstić information content (AvgIpc) is 2.59. The van der Waals surface area contributed by atoms with Gasteiger partial charge in [-0.15, -0.1) is 0 Å². The molecule has 0 aromatic rings. The lowest BCUT2D eigenvalue weighted by atomic mass is 10.1. The fourth-order valence-electron chi connectivity index (χ4n) is 2.10. The Labute approximate surface area is 167 Å². The van der Waals surface area contributed by atoms with Crippen molar-refractivity contribution in [2.75, 3.05) is 12.0 Å². The molecule has 0 heterocycles. The van der Waals surface area contributed by atoms with Crippen molar-refractivity contribution in [2.24, 2.45) is 5.73 Å². The molecular formula is C16H30N4O7S. The van der Waals surface area contributed by atoms with E-state index in [0.717, 1.165) is 0 Å². The van der Waals surface area contributed by atoms with Crippen LogP contribution in [-0.4, -0.2) is 87.4 Å². The molecule has 0 saturated heterocycles. The second kappa shape index (κ2) is 12.5. The van der Waals surface area contributed by atoms with Crippen LogP contribution in [0.5, 0.6) is 0 Å². The van der Waals surface area contributed by atoms with Gasteiger partial charge in [0.25, 0.3) is 0 Å². The molecular weight excluding hydrogens is 392 g/mol. The Balaban J connectivity index is 5.29. The highest BCUT2D eigenvalue weighted by molar-refractivity contribution is 7.98. The maximum atomic E-state index is 12.5. The van der Waals surface area contributed by atoms with Crippen LogP contribution in [0.25, 0.3) is 0 Å². The van der Waals surface area contributed by atoms with Gasteiger partial charge in [-0.3, -0.25) is 14.4 Å². The Morgan fingerprint density at radius 2 is 1.39 bits per heavy atom. The van der Waals surface area contributed by atoms with E-state index in [1.165, 1.54) is 32.5 Å². The molecule has 28 heavy (non-hydrogen) atoms. The highest BCUT2D eigenvalue weighted by Crippen LogP contribution is 2.04. The van der Waals surface area contributed by atoms with Crippen molar-refractivity contribution >= 4 is 35.5 Å². The summed E-state index contributed by atoms with van der Waals surface area (Å²) in [6.07, 6.45) is -0.689. The molecule has 0 radical (unpaired) electrons. The topological polar surface area (TPSA) is 191 Å². The summed E-state index contributed by atoms with van der Waals surface area (Å²) < 4.78 is 0. The fourth-order valence-corrected chi connectivity index (χ4v) is 2.57. The zero-order valence-corrected chi connectivity index (χ0v) is 17.2. The minimum Gasteiger partial charge on any atom is -0.480 e. The number of carbonyl (C=O) groups is 4. The van der Waals surface area contributed by atoms with Crippen molar-refractivity contribution in [2.45, 2.75) is 63.6 Å². The lowest BCUT2D eigenvalue weighted by Crippen LogP contribution is -2.60. The van der Waals surface area contributed by atoms with Crippen molar-refractivity contribution in [3.63, 3.8) is 0 Å². The van der Waals surface area contributed by atoms with Gasteiger partial charge in [0.1, 0.15) is 12.1 Å². The monoisotopic (exact) mass is 422 g/mol. The third-order valence-corrected chi connectivity index (χ3v) is 4.41. The average molecular weight is 423 g/mol. The number of hydrogen-bond acceptors (Lipinski definition) is 8. The predicted octanol–water partition coefficient (Wildman–Crippen LogP) is -2.61. The summed E-state index contributed by atoms with van der Waals surface area (Å²) in [5.41, 5.74) is 5.49. The van der Waals surface area contributed by atoms with Crippen LogP contribution in [0.4, 0.5) is 0 Å². The minimum absolute atomic E-state index is 0.255. The molecule has 12 heteroatoms. The fraction of sp³-hybridized carbons (Fsp3) is 0.750. The quantitative estimate of drug-likeness (QED) is 0.176. The minimum atomic E-state index is -1.62. The van der Waals surface area contributed by atoms with Gasteiger partial charge in [-0.2, -0.15) is 11.8 Å². The molecule has 0 rings (SSSR count). The molecule has 0 bridgehead atoms. The standard InChI is InChI=1S/C16H30N4O7S/c1-7(17)13(23)18-10(5-6-28-4)14(24)19-11(8(2)21)15(25)20-12(9(3)22)16(26)27/h7-12,21-22H,5-6,17H2,1-4H3,(H,18,23)(H,19,24)(H,20,25)(H,26,27). The molecule has 0 fully saturated rings. The summed E-state index contributed by atoms with van der Waals surface area (Å²) in [6, 6.07) is -4.94. The summed E-state index contributed by atoms with van der Waals surface area (Å²) in [5, 5.41) is 35.2. The number of aliphatic hydroxyl groups excluding tert-OH is 2. The van der Waals surface area contributed by atoms with Crippen LogP contribution in [0.15, 0.2) is 0 Å². The van der Waals surface area contributed by atoms with Gasteiger partial charge in [0.2, 0.25) is 17.7 Å². The molecule has 0 saturated carbocycles. The van der Waals surface area contributed by atoms with Crippen molar-refractivity contribution in [1.29, 1.82) is 0 Å². The summed E-state index contributed by atoms with van der Waals surface area (Å²) in [6.45, 7) is 3.87. The van der Waals surface area contributed by atoms with E-state index >= 15 is 0 Å². The normalized spacial score (nSPS) is 17.4. The van der Waals surface area contributed by atoms with E-state index in [9.17, 15) is 29.4 Å². The van der Waals surface area contributed by atoms with E-state index in [0.29, 0.717) is 5.75 Å². The van der Waals surface area contributed by atoms with Gasteiger partial charge in [-0.05, 0) is 39.2 Å². The van der Waals surface area contributed by atoms with Gasteiger partial charge in [0, 0.05) is 0 Å². The van der Waals surface area contributed by atoms with Gasteiger partial charge in [-0.1, -0.05) is 0 Å². The van der Waals surface area contributed by atoms with Crippen molar-refractivity contribution in [3.8, 4) is 0 Å². The van der Waals surface area contributed by atoms with Crippen LogP contribution in [0.3, 0.4) is 0 Å².